The molecule has 3 aromatic heterocycles. The highest BCUT2D eigenvalue weighted by Crippen LogP contribution is 2.21. The first-order chi connectivity index (χ1) is 10.7. The molecule has 0 fully saturated rings. The van der Waals surface area contributed by atoms with Gasteiger partial charge < -0.3 is 15.2 Å². The van der Waals surface area contributed by atoms with E-state index in [9.17, 15) is 4.79 Å². The van der Waals surface area contributed by atoms with Gasteiger partial charge in [0.1, 0.15) is 12.1 Å². The van der Waals surface area contributed by atoms with Crippen LogP contribution in [0.25, 0.3) is 0 Å². The van der Waals surface area contributed by atoms with E-state index in [1.54, 1.807) is 29.8 Å². The van der Waals surface area contributed by atoms with E-state index in [0.717, 1.165) is 0 Å². The van der Waals surface area contributed by atoms with E-state index in [1.165, 1.54) is 17.6 Å². The van der Waals surface area contributed by atoms with Crippen molar-refractivity contribution in [3.8, 4) is 0 Å². The van der Waals surface area contributed by atoms with Crippen LogP contribution in [-0.4, -0.2) is 21.0 Å². The van der Waals surface area contributed by atoms with Crippen LogP contribution in [0.2, 0.25) is 5.02 Å². The molecule has 0 atom stereocenters. The van der Waals surface area contributed by atoms with Crippen molar-refractivity contribution in [2.45, 2.75) is 6.42 Å². The molecule has 3 rings (SSSR count). The lowest BCUT2D eigenvalue weighted by Gasteiger charge is -2.01. The van der Waals surface area contributed by atoms with Crippen molar-refractivity contribution in [1.82, 2.24) is 15.1 Å². The molecule has 0 aromatic carbocycles. The summed E-state index contributed by atoms with van der Waals surface area (Å²) >= 11 is 7.16. The maximum atomic E-state index is 11.8. The first-order valence-corrected chi connectivity index (χ1v) is 7.48. The number of aromatic nitrogens is 3. The number of nitrogens with zero attached hydrogens (tertiary/aromatic N) is 3. The standard InChI is InChI=1S/C13H10ClN5O2S/c14-8-1-2-10(15-6-8)18-13-16-9(7-22-13)5-12(20)17-11-3-4-21-19-11/h1-4,6-7H,5H2,(H,15,16,18)(H,17,19,20). The van der Waals surface area contributed by atoms with Crippen LogP contribution in [-0.2, 0) is 11.2 Å². The minimum Gasteiger partial charge on any atom is -0.363 e. The van der Waals surface area contributed by atoms with Gasteiger partial charge in [-0.15, -0.1) is 11.3 Å². The number of carbonyl (C=O) groups excluding carboxylic acids is 1. The van der Waals surface area contributed by atoms with Crippen molar-refractivity contribution in [2.75, 3.05) is 10.6 Å². The van der Waals surface area contributed by atoms with Gasteiger partial charge in [0.2, 0.25) is 5.91 Å². The van der Waals surface area contributed by atoms with Gasteiger partial charge in [-0.1, -0.05) is 16.8 Å². The van der Waals surface area contributed by atoms with Crippen LogP contribution in [0.1, 0.15) is 5.69 Å². The second kappa shape index (κ2) is 6.54. The molecule has 112 valence electrons. The molecule has 22 heavy (non-hydrogen) atoms. The molecule has 7 nitrogen and oxygen atoms in total. The molecule has 2 N–H and O–H groups in total. The Bertz CT molecular complexity index is 757. The normalized spacial score (nSPS) is 10.4. The third-order valence-electron chi connectivity index (χ3n) is 2.56. The molecule has 3 aromatic rings. The highest BCUT2D eigenvalue weighted by atomic mass is 35.5. The zero-order valence-electron chi connectivity index (χ0n) is 11.1. The minimum atomic E-state index is -0.213. The summed E-state index contributed by atoms with van der Waals surface area (Å²) in [6.07, 6.45) is 3.09. The Morgan fingerprint density at radius 3 is 2.95 bits per heavy atom. The van der Waals surface area contributed by atoms with Crippen molar-refractivity contribution in [2.24, 2.45) is 0 Å². The molecule has 0 aliphatic carbocycles. The molecule has 0 bridgehead atoms. The Morgan fingerprint density at radius 2 is 2.23 bits per heavy atom. The highest BCUT2D eigenvalue weighted by molar-refractivity contribution is 7.13. The summed E-state index contributed by atoms with van der Waals surface area (Å²) in [4.78, 5) is 20.3. The molecule has 3 heterocycles. The zero-order chi connectivity index (χ0) is 15.4. The van der Waals surface area contributed by atoms with Crippen molar-refractivity contribution >= 4 is 45.6 Å². The maximum Gasteiger partial charge on any atom is 0.231 e. The number of thiazole rings is 1. The van der Waals surface area contributed by atoms with Gasteiger partial charge in [0.05, 0.1) is 17.1 Å². The van der Waals surface area contributed by atoms with Crippen LogP contribution in [0.15, 0.2) is 40.6 Å². The first-order valence-electron chi connectivity index (χ1n) is 6.22. The Balaban J connectivity index is 1.58. The quantitative estimate of drug-likeness (QED) is 0.744. The molecule has 9 heteroatoms. The Morgan fingerprint density at radius 1 is 1.32 bits per heavy atom. The van der Waals surface area contributed by atoms with E-state index >= 15 is 0 Å². The summed E-state index contributed by atoms with van der Waals surface area (Å²) in [5, 5.41) is 12.3. The Kier molecular flexibility index (Phi) is 4.31. The zero-order valence-corrected chi connectivity index (χ0v) is 12.7. The van der Waals surface area contributed by atoms with E-state index < -0.39 is 0 Å². The van der Waals surface area contributed by atoms with Gasteiger partial charge in [-0.25, -0.2) is 9.97 Å². The van der Waals surface area contributed by atoms with Crippen molar-refractivity contribution < 1.29 is 9.32 Å². The summed E-state index contributed by atoms with van der Waals surface area (Å²) in [6.45, 7) is 0. The fourth-order valence-corrected chi connectivity index (χ4v) is 2.46. The van der Waals surface area contributed by atoms with Gasteiger partial charge in [0.25, 0.3) is 0 Å². The number of rotatable bonds is 5. The minimum absolute atomic E-state index is 0.152. The van der Waals surface area contributed by atoms with Gasteiger partial charge >= 0.3 is 0 Å². The topological polar surface area (TPSA) is 92.9 Å². The summed E-state index contributed by atoms with van der Waals surface area (Å²) in [6, 6.07) is 5.05. The number of amides is 1. The Hall–Kier alpha value is -2.45. The van der Waals surface area contributed by atoms with E-state index in [1.807, 2.05) is 0 Å². The van der Waals surface area contributed by atoms with Gasteiger partial charge in [-0.2, -0.15) is 0 Å². The lowest BCUT2D eigenvalue weighted by Crippen LogP contribution is -2.14. The second-order valence-corrected chi connectivity index (χ2v) is 5.53. The number of halogens is 1. The van der Waals surface area contributed by atoms with Gasteiger partial charge in [-0.3, -0.25) is 4.79 Å². The summed E-state index contributed by atoms with van der Waals surface area (Å²) < 4.78 is 4.64. The fraction of sp³-hybridized carbons (Fsp3) is 0.0769. The lowest BCUT2D eigenvalue weighted by molar-refractivity contribution is -0.115. The molecular weight excluding hydrogens is 326 g/mol. The average molecular weight is 336 g/mol. The number of nitrogens with one attached hydrogen (secondary N) is 2. The summed E-state index contributed by atoms with van der Waals surface area (Å²) in [5.74, 6) is 0.802. The van der Waals surface area contributed by atoms with E-state index in [-0.39, 0.29) is 12.3 Å². The lowest BCUT2D eigenvalue weighted by atomic mass is 10.3. The third kappa shape index (κ3) is 3.80. The number of carbonyl (C=O) groups is 1. The van der Waals surface area contributed by atoms with E-state index in [4.69, 9.17) is 11.6 Å². The number of anilines is 3. The predicted molar refractivity (Wildman–Crippen MR) is 83.5 cm³/mol. The molecule has 0 saturated carbocycles. The van der Waals surface area contributed by atoms with Crippen LogP contribution in [0, 0.1) is 0 Å². The Labute approximate surface area is 134 Å². The first kappa shape index (κ1) is 14.5. The fourth-order valence-electron chi connectivity index (χ4n) is 1.63. The monoisotopic (exact) mass is 335 g/mol. The van der Waals surface area contributed by atoms with Crippen LogP contribution >= 0.6 is 22.9 Å². The molecule has 0 radical (unpaired) electrons. The SMILES string of the molecule is O=C(Cc1csc(Nc2ccc(Cl)cn2)n1)Nc1ccon1. The maximum absolute atomic E-state index is 11.8. The van der Waals surface area contributed by atoms with Crippen LogP contribution in [0.5, 0.6) is 0 Å². The molecule has 0 spiro atoms. The molecule has 0 aliphatic heterocycles. The molecule has 1 amide bonds. The molecule has 0 saturated heterocycles. The number of pyridine rings is 1. The van der Waals surface area contributed by atoms with Gasteiger partial charge in [-0.05, 0) is 12.1 Å². The highest BCUT2D eigenvalue weighted by Gasteiger charge is 2.09. The van der Waals surface area contributed by atoms with Crippen LogP contribution in [0.3, 0.4) is 0 Å². The smallest absolute Gasteiger partial charge is 0.231 e. The summed E-state index contributed by atoms with van der Waals surface area (Å²) in [5.41, 5.74) is 0.655. The second-order valence-electron chi connectivity index (χ2n) is 4.24. The third-order valence-corrected chi connectivity index (χ3v) is 3.59. The number of hydrogen-bond acceptors (Lipinski definition) is 7. The largest absolute Gasteiger partial charge is 0.363 e. The van der Waals surface area contributed by atoms with Gasteiger partial charge in [0, 0.05) is 17.6 Å². The number of hydrogen-bond donors (Lipinski definition) is 2. The van der Waals surface area contributed by atoms with Crippen molar-refractivity contribution in [3.63, 3.8) is 0 Å². The van der Waals surface area contributed by atoms with E-state index in [0.29, 0.717) is 27.5 Å². The molecule has 0 unspecified atom stereocenters. The van der Waals surface area contributed by atoms with Crippen molar-refractivity contribution in [3.05, 3.63) is 46.8 Å². The van der Waals surface area contributed by atoms with Gasteiger partial charge in [0.15, 0.2) is 10.9 Å². The summed E-state index contributed by atoms with van der Waals surface area (Å²) in [7, 11) is 0. The predicted octanol–water partition coefficient (Wildman–Crippen LogP) is 3.10. The van der Waals surface area contributed by atoms with Crippen LogP contribution in [0.4, 0.5) is 16.8 Å². The van der Waals surface area contributed by atoms with E-state index in [2.05, 4.69) is 30.3 Å². The van der Waals surface area contributed by atoms with Crippen molar-refractivity contribution in [1.29, 1.82) is 0 Å². The molecular formula is C13H10ClN5O2S. The van der Waals surface area contributed by atoms with Crippen LogP contribution < -0.4 is 10.6 Å². The molecule has 0 aliphatic rings. The average Bonchev–Trinajstić information content (AvgIpc) is 3.14.